The number of hydrogen-bond donors (Lipinski definition) is 0. The van der Waals surface area contributed by atoms with Crippen molar-refractivity contribution in [1.29, 1.82) is 0 Å². The van der Waals surface area contributed by atoms with Gasteiger partial charge in [-0.2, -0.15) is 0 Å². The van der Waals surface area contributed by atoms with E-state index in [-0.39, 0.29) is 0 Å². The molecular formula is C14H12O2S. The predicted octanol–water partition coefficient (Wildman–Crippen LogP) is 3.16. The van der Waals surface area contributed by atoms with E-state index in [0.29, 0.717) is 15.4 Å². The van der Waals surface area contributed by atoms with Crippen molar-refractivity contribution in [2.24, 2.45) is 0 Å². The van der Waals surface area contributed by atoms with Crippen LogP contribution in [0, 0.1) is 0 Å². The number of sulfone groups is 1. The molecule has 0 N–H and O–H groups in total. The maximum atomic E-state index is 12.4. The molecule has 0 amide bonds. The van der Waals surface area contributed by atoms with Crippen LogP contribution in [-0.2, 0) is 9.84 Å². The Balaban J connectivity index is 2.65. The number of benzene rings is 2. The molecule has 0 fully saturated rings. The second-order valence-electron chi connectivity index (χ2n) is 3.56. The van der Waals surface area contributed by atoms with Crippen LogP contribution in [0.25, 0.3) is 6.08 Å². The molecule has 3 heteroatoms. The third-order valence-corrected chi connectivity index (χ3v) is 4.33. The summed E-state index contributed by atoms with van der Waals surface area (Å²) in [7, 11) is -3.45. The first kappa shape index (κ1) is 11.6. The summed E-state index contributed by atoms with van der Waals surface area (Å²) in [6.45, 7) is 3.63. The SMILES string of the molecule is C=Cc1ccccc1S(=O)(=O)c1ccccc1. The maximum Gasteiger partial charge on any atom is 0.207 e. The fraction of sp³-hybridized carbons (Fsp3) is 0. The normalized spacial score (nSPS) is 11.1. The fourth-order valence-corrected chi connectivity index (χ4v) is 3.11. The lowest BCUT2D eigenvalue weighted by Gasteiger charge is -2.07. The van der Waals surface area contributed by atoms with E-state index in [4.69, 9.17) is 0 Å². The van der Waals surface area contributed by atoms with Gasteiger partial charge in [-0.3, -0.25) is 0 Å². The lowest BCUT2D eigenvalue weighted by molar-refractivity contribution is 0.596. The van der Waals surface area contributed by atoms with Crippen molar-refractivity contribution >= 4 is 15.9 Å². The molecule has 0 heterocycles. The monoisotopic (exact) mass is 244 g/mol. The third kappa shape index (κ3) is 2.15. The van der Waals surface area contributed by atoms with Gasteiger partial charge >= 0.3 is 0 Å². The molecule has 2 aromatic carbocycles. The van der Waals surface area contributed by atoms with Crippen molar-refractivity contribution in [3.05, 3.63) is 66.7 Å². The van der Waals surface area contributed by atoms with Crippen molar-refractivity contribution in [3.8, 4) is 0 Å². The van der Waals surface area contributed by atoms with E-state index in [0.717, 1.165) is 0 Å². The van der Waals surface area contributed by atoms with Crippen molar-refractivity contribution in [2.45, 2.75) is 9.79 Å². The van der Waals surface area contributed by atoms with Crippen LogP contribution in [0.2, 0.25) is 0 Å². The first-order valence-electron chi connectivity index (χ1n) is 5.18. The van der Waals surface area contributed by atoms with Gasteiger partial charge in [-0.05, 0) is 23.8 Å². The van der Waals surface area contributed by atoms with Gasteiger partial charge in [0.05, 0.1) is 9.79 Å². The van der Waals surface area contributed by atoms with Gasteiger partial charge in [0.2, 0.25) is 9.84 Å². The Morgan fingerprint density at radius 2 is 1.47 bits per heavy atom. The minimum absolute atomic E-state index is 0.293. The van der Waals surface area contributed by atoms with Crippen LogP contribution >= 0.6 is 0 Å². The van der Waals surface area contributed by atoms with E-state index in [1.165, 1.54) is 0 Å². The van der Waals surface area contributed by atoms with Crippen LogP contribution in [0.15, 0.2) is 71.0 Å². The standard InChI is InChI=1S/C14H12O2S/c1-2-12-8-6-7-11-14(12)17(15,16)13-9-4-3-5-10-13/h2-11H,1H2. The van der Waals surface area contributed by atoms with Gasteiger partial charge in [0, 0.05) is 0 Å². The van der Waals surface area contributed by atoms with Gasteiger partial charge in [-0.15, -0.1) is 0 Å². The quantitative estimate of drug-likeness (QED) is 0.831. The van der Waals surface area contributed by atoms with Crippen LogP contribution in [0.3, 0.4) is 0 Å². The summed E-state index contributed by atoms with van der Waals surface area (Å²) >= 11 is 0. The Bertz CT molecular complexity index is 628. The Labute approximate surface area is 101 Å². The zero-order valence-electron chi connectivity index (χ0n) is 9.21. The topological polar surface area (TPSA) is 34.1 Å². The molecule has 2 rings (SSSR count). The molecule has 0 radical (unpaired) electrons. The van der Waals surface area contributed by atoms with E-state index in [1.807, 2.05) is 0 Å². The largest absolute Gasteiger partial charge is 0.218 e. The molecule has 0 aromatic heterocycles. The Morgan fingerprint density at radius 3 is 2.12 bits per heavy atom. The predicted molar refractivity (Wildman–Crippen MR) is 68.4 cm³/mol. The highest BCUT2D eigenvalue weighted by Gasteiger charge is 2.19. The molecule has 0 saturated carbocycles. The van der Waals surface area contributed by atoms with Gasteiger partial charge in [0.1, 0.15) is 0 Å². The third-order valence-electron chi connectivity index (χ3n) is 2.48. The maximum absolute atomic E-state index is 12.4. The van der Waals surface area contributed by atoms with E-state index in [1.54, 1.807) is 60.7 Å². The first-order valence-corrected chi connectivity index (χ1v) is 6.66. The summed E-state index contributed by atoms with van der Waals surface area (Å²) in [5.74, 6) is 0. The molecule has 86 valence electrons. The van der Waals surface area contributed by atoms with Gasteiger partial charge in [0.15, 0.2) is 0 Å². The molecule has 2 aromatic rings. The molecule has 0 unspecified atom stereocenters. The molecule has 0 aliphatic rings. The van der Waals surface area contributed by atoms with Gasteiger partial charge in [-0.1, -0.05) is 49.1 Å². The van der Waals surface area contributed by atoms with Gasteiger partial charge in [-0.25, -0.2) is 8.42 Å². The highest BCUT2D eigenvalue weighted by atomic mass is 32.2. The lowest BCUT2D eigenvalue weighted by atomic mass is 10.2. The Kier molecular flexibility index (Phi) is 3.11. The van der Waals surface area contributed by atoms with E-state index in [9.17, 15) is 8.42 Å². The second kappa shape index (κ2) is 4.55. The summed E-state index contributed by atoms with van der Waals surface area (Å²) < 4.78 is 24.7. The molecule has 0 aliphatic heterocycles. The van der Waals surface area contributed by atoms with E-state index < -0.39 is 9.84 Å². The minimum Gasteiger partial charge on any atom is -0.218 e. The fourth-order valence-electron chi connectivity index (χ4n) is 1.62. The Hall–Kier alpha value is -1.87. The number of hydrogen-bond acceptors (Lipinski definition) is 2. The van der Waals surface area contributed by atoms with Gasteiger partial charge < -0.3 is 0 Å². The molecule has 0 atom stereocenters. The molecule has 2 nitrogen and oxygen atoms in total. The van der Waals surface area contributed by atoms with Crippen molar-refractivity contribution in [1.82, 2.24) is 0 Å². The highest BCUT2D eigenvalue weighted by Crippen LogP contribution is 2.24. The van der Waals surface area contributed by atoms with Crippen LogP contribution in [0.5, 0.6) is 0 Å². The molecule has 17 heavy (non-hydrogen) atoms. The summed E-state index contributed by atoms with van der Waals surface area (Å²) in [5.41, 5.74) is 0.622. The average molecular weight is 244 g/mol. The van der Waals surface area contributed by atoms with E-state index in [2.05, 4.69) is 6.58 Å². The molecule has 0 spiro atoms. The summed E-state index contributed by atoms with van der Waals surface area (Å²) in [5, 5.41) is 0. The Morgan fingerprint density at radius 1 is 0.882 bits per heavy atom. The van der Waals surface area contributed by atoms with Crippen LogP contribution in [0.1, 0.15) is 5.56 Å². The summed E-state index contributed by atoms with van der Waals surface area (Å²) in [6, 6.07) is 15.2. The van der Waals surface area contributed by atoms with Crippen molar-refractivity contribution < 1.29 is 8.42 Å². The van der Waals surface area contributed by atoms with E-state index >= 15 is 0 Å². The van der Waals surface area contributed by atoms with Crippen molar-refractivity contribution in [2.75, 3.05) is 0 Å². The van der Waals surface area contributed by atoms with Gasteiger partial charge in [0.25, 0.3) is 0 Å². The average Bonchev–Trinajstić information content (AvgIpc) is 2.39. The van der Waals surface area contributed by atoms with Crippen LogP contribution in [0.4, 0.5) is 0 Å². The van der Waals surface area contributed by atoms with Crippen LogP contribution in [-0.4, -0.2) is 8.42 Å². The lowest BCUT2D eigenvalue weighted by Crippen LogP contribution is -2.03. The highest BCUT2D eigenvalue weighted by molar-refractivity contribution is 7.91. The molecule has 0 saturated heterocycles. The zero-order valence-corrected chi connectivity index (χ0v) is 10.0. The summed E-state index contributed by atoms with van der Waals surface area (Å²) in [4.78, 5) is 0.593. The van der Waals surface area contributed by atoms with Crippen LogP contribution < -0.4 is 0 Å². The smallest absolute Gasteiger partial charge is 0.207 e. The number of rotatable bonds is 3. The van der Waals surface area contributed by atoms with Crippen molar-refractivity contribution in [3.63, 3.8) is 0 Å². The summed E-state index contributed by atoms with van der Waals surface area (Å²) in [6.07, 6.45) is 1.55. The molecule has 0 bridgehead atoms. The first-order chi connectivity index (χ1) is 8.16. The minimum atomic E-state index is -3.45. The molecule has 0 aliphatic carbocycles. The molecular weight excluding hydrogens is 232 g/mol. The second-order valence-corrected chi connectivity index (χ2v) is 5.48. The zero-order chi connectivity index (χ0) is 12.3.